The van der Waals surface area contributed by atoms with E-state index in [1.807, 2.05) is 32.0 Å². The summed E-state index contributed by atoms with van der Waals surface area (Å²) in [7, 11) is 0. The van der Waals surface area contributed by atoms with Gasteiger partial charge in [-0.3, -0.25) is 19.7 Å². The second-order valence-corrected chi connectivity index (χ2v) is 7.18. The van der Waals surface area contributed by atoms with Crippen molar-refractivity contribution in [3.05, 3.63) is 99.1 Å². The molecule has 33 heavy (non-hydrogen) atoms. The van der Waals surface area contributed by atoms with E-state index in [0.29, 0.717) is 17.0 Å². The van der Waals surface area contributed by atoms with Gasteiger partial charge in [0.15, 0.2) is 6.61 Å². The van der Waals surface area contributed by atoms with Crippen molar-refractivity contribution in [2.45, 2.75) is 13.8 Å². The summed E-state index contributed by atoms with van der Waals surface area (Å²) in [6.07, 6.45) is 1.37. The van der Waals surface area contributed by atoms with Crippen LogP contribution >= 0.6 is 0 Å². The predicted octanol–water partition coefficient (Wildman–Crippen LogP) is 3.99. The normalized spacial score (nSPS) is 10.6. The third kappa shape index (κ3) is 6.47. The molecule has 0 unspecified atom stereocenters. The average Bonchev–Trinajstić information content (AvgIpc) is 2.81. The molecule has 0 aliphatic rings. The van der Waals surface area contributed by atoms with Gasteiger partial charge in [0.25, 0.3) is 17.5 Å². The van der Waals surface area contributed by atoms with Crippen LogP contribution in [0.15, 0.2) is 71.8 Å². The highest BCUT2D eigenvalue weighted by Crippen LogP contribution is 2.17. The first-order valence-corrected chi connectivity index (χ1v) is 10.0. The van der Waals surface area contributed by atoms with Crippen molar-refractivity contribution < 1.29 is 19.2 Å². The van der Waals surface area contributed by atoms with Gasteiger partial charge in [0, 0.05) is 28.9 Å². The molecule has 0 heterocycles. The lowest BCUT2D eigenvalue weighted by atomic mass is 10.1. The Balaban J connectivity index is 1.59. The Labute approximate surface area is 190 Å². The molecular weight excluding hydrogens is 424 g/mol. The lowest BCUT2D eigenvalue weighted by Gasteiger charge is -2.10. The Morgan fingerprint density at radius 3 is 2.58 bits per heavy atom. The quantitative estimate of drug-likeness (QED) is 0.308. The first kappa shape index (κ1) is 23.1. The molecule has 0 spiro atoms. The van der Waals surface area contributed by atoms with Crippen molar-refractivity contribution in [2.75, 3.05) is 11.9 Å². The number of ether oxygens (including phenoxy) is 1. The van der Waals surface area contributed by atoms with Gasteiger partial charge in [-0.2, -0.15) is 5.10 Å². The minimum atomic E-state index is -0.596. The Hall–Kier alpha value is -4.53. The number of aryl methyl sites for hydroxylation is 2. The second-order valence-electron chi connectivity index (χ2n) is 7.18. The molecule has 9 nitrogen and oxygen atoms in total. The monoisotopic (exact) mass is 446 g/mol. The van der Waals surface area contributed by atoms with Gasteiger partial charge in [0.2, 0.25) is 0 Å². The van der Waals surface area contributed by atoms with Crippen LogP contribution in [0.3, 0.4) is 0 Å². The average molecular weight is 446 g/mol. The number of nitrogens with zero attached hydrogens (tertiary/aromatic N) is 2. The second kappa shape index (κ2) is 10.7. The van der Waals surface area contributed by atoms with Crippen LogP contribution in [0.25, 0.3) is 0 Å². The van der Waals surface area contributed by atoms with Gasteiger partial charge in [-0.1, -0.05) is 24.3 Å². The van der Waals surface area contributed by atoms with Crippen molar-refractivity contribution in [3.8, 4) is 5.75 Å². The minimum Gasteiger partial charge on any atom is -0.483 e. The van der Waals surface area contributed by atoms with Crippen LogP contribution in [0.4, 0.5) is 11.4 Å². The molecule has 0 aliphatic carbocycles. The van der Waals surface area contributed by atoms with E-state index in [0.717, 1.165) is 17.2 Å². The van der Waals surface area contributed by atoms with Crippen molar-refractivity contribution >= 4 is 29.4 Å². The predicted molar refractivity (Wildman–Crippen MR) is 125 cm³/mol. The molecule has 3 aromatic carbocycles. The van der Waals surface area contributed by atoms with E-state index in [4.69, 9.17) is 4.74 Å². The third-order valence-corrected chi connectivity index (χ3v) is 4.76. The first-order chi connectivity index (χ1) is 15.8. The van der Waals surface area contributed by atoms with Crippen LogP contribution in [0, 0.1) is 24.0 Å². The molecule has 168 valence electrons. The zero-order valence-corrected chi connectivity index (χ0v) is 18.1. The number of anilines is 1. The highest BCUT2D eigenvalue weighted by Gasteiger charge is 2.11. The number of rotatable bonds is 8. The van der Waals surface area contributed by atoms with Crippen molar-refractivity contribution in [3.63, 3.8) is 0 Å². The van der Waals surface area contributed by atoms with Crippen LogP contribution < -0.4 is 15.5 Å². The number of para-hydroxylation sites is 1. The molecule has 9 heteroatoms. The number of amides is 2. The lowest BCUT2D eigenvalue weighted by molar-refractivity contribution is -0.384. The van der Waals surface area contributed by atoms with E-state index in [-0.39, 0.29) is 23.8 Å². The van der Waals surface area contributed by atoms with Crippen LogP contribution in [0.1, 0.15) is 27.0 Å². The number of non-ortho nitro benzene ring substituents is 1. The van der Waals surface area contributed by atoms with Gasteiger partial charge in [0.05, 0.1) is 11.1 Å². The maximum Gasteiger partial charge on any atom is 0.271 e. The van der Waals surface area contributed by atoms with Gasteiger partial charge >= 0.3 is 0 Å². The molecule has 0 saturated carbocycles. The van der Waals surface area contributed by atoms with E-state index in [2.05, 4.69) is 15.8 Å². The van der Waals surface area contributed by atoms with E-state index < -0.39 is 10.8 Å². The highest BCUT2D eigenvalue weighted by atomic mass is 16.6. The van der Waals surface area contributed by atoms with Crippen molar-refractivity contribution in [1.82, 2.24) is 5.43 Å². The smallest absolute Gasteiger partial charge is 0.271 e. The van der Waals surface area contributed by atoms with Crippen LogP contribution in [0.2, 0.25) is 0 Å². The number of benzene rings is 3. The van der Waals surface area contributed by atoms with Crippen LogP contribution in [-0.4, -0.2) is 29.6 Å². The Morgan fingerprint density at radius 1 is 1.03 bits per heavy atom. The third-order valence-electron chi connectivity index (χ3n) is 4.76. The standard InChI is InChI=1S/C24H22N4O5/c1-16-10-11-20(12-17(16)2)26-23(29)15-33-22-9-4-3-6-19(22)14-25-27-24(30)18-7-5-8-21(13-18)28(31)32/h3-14H,15H2,1-2H3,(H,26,29)(H,27,30)/b25-14+. The fraction of sp³-hybridized carbons (Fsp3) is 0.125. The summed E-state index contributed by atoms with van der Waals surface area (Å²) in [6.45, 7) is 3.75. The summed E-state index contributed by atoms with van der Waals surface area (Å²) in [5.41, 5.74) is 5.67. The topological polar surface area (TPSA) is 123 Å². The number of nitro groups is 1. The van der Waals surface area contributed by atoms with E-state index >= 15 is 0 Å². The lowest BCUT2D eigenvalue weighted by Crippen LogP contribution is -2.20. The molecule has 0 aliphatic heterocycles. The number of hydrogen-bond acceptors (Lipinski definition) is 6. The highest BCUT2D eigenvalue weighted by molar-refractivity contribution is 5.96. The number of hydrazone groups is 1. The Kier molecular flexibility index (Phi) is 7.48. The molecule has 0 saturated heterocycles. The summed E-state index contributed by atoms with van der Waals surface area (Å²) >= 11 is 0. The largest absolute Gasteiger partial charge is 0.483 e. The summed E-state index contributed by atoms with van der Waals surface area (Å²) in [5.74, 6) is -0.508. The zero-order chi connectivity index (χ0) is 23.8. The fourth-order valence-corrected chi connectivity index (χ4v) is 2.86. The van der Waals surface area contributed by atoms with Gasteiger partial charge < -0.3 is 10.1 Å². The van der Waals surface area contributed by atoms with Crippen molar-refractivity contribution in [2.24, 2.45) is 5.10 Å². The van der Waals surface area contributed by atoms with E-state index in [9.17, 15) is 19.7 Å². The molecule has 2 amide bonds. The van der Waals surface area contributed by atoms with Crippen LogP contribution in [-0.2, 0) is 4.79 Å². The van der Waals surface area contributed by atoms with Gasteiger partial charge in [-0.15, -0.1) is 0 Å². The molecule has 0 fully saturated rings. The van der Waals surface area contributed by atoms with Gasteiger partial charge in [0.1, 0.15) is 5.75 Å². The first-order valence-electron chi connectivity index (χ1n) is 10.0. The molecule has 0 bridgehead atoms. The number of nitrogens with one attached hydrogen (secondary N) is 2. The van der Waals surface area contributed by atoms with Crippen LogP contribution in [0.5, 0.6) is 5.75 Å². The molecule has 0 atom stereocenters. The molecule has 3 rings (SSSR count). The van der Waals surface area contributed by atoms with Gasteiger partial charge in [-0.25, -0.2) is 5.43 Å². The van der Waals surface area contributed by atoms with Gasteiger partial charge in [-0.05, 0) is 55.3 Å². The summed E-state index contributed by atoms with van der Waals surface area (Å²) in [6, 6.07) is 17.8. The number of nitro benzene ring substituents is 1. The van der Waals surface area contributed by atoms with Crippen molar-refractivity contribution in [1.29, 1.82) is 0 Å². The van der Waals surface area contributed by atoms with E-state index in [1.165, 1.54) is 24.4 Å². The molecule has 2 N–H and O–H groups in total. The minimum absolute atomic E-state index is 0.105. The number of hydrogen-bond donors (Lipinski definition) is 2. The summed E-state index contributed by atoms with van der Waals surface area (Å²) < 4.78 is 5.62. The SMILES string of the molecule is Cc1ccc(NC(=O)COc2ccccc2/C=N/NC(=O)c2cccc([N+](=O)[O-])c2)cc1C. The fourth-order valence-electron chi connectivity index (χ4n) is 2.86. The molecule has 3 aromatic rings. The molecule has 0 aromatic heterocycles. The zero-order valence-electron chi connectivity index (χ0n) is 18.1. The molecular formula is C24H22N4O5. The number of carbonyl (C=O) groups excluding carboxylic acids is 2. The Morgan fingerprint density at radius 2 is 1.82 bits per heavy atom. The maximum atomic E-state index is 12.3. The number of carbonyl (C=O) groups is 2. The molecule has 0 radical (unpaired) electrons. The summed E-state index contributed by atoms with van der Waals surface area (Å²) in [5, 5.41) is 17.5. The summed E-state index contributed by atoms with van der Waals surface area (Å²) in [4.78, 5) is 34.7. The van der Waals surface area contributed by atoms with E-state index in [1.54, 1.807) is 24.3 Å². The maximum absolute atomic E-state index is 12.3. The Bertz CT molecular complexity index is 1220.